The maximum absolute atomic E-state index is 6.01. The van der Waals surface area contributed by atoms with Crippen molar-refractivity contribution < 1.29 is 4.74 Å². The number of nitrogens with zero attached hydrogens (tertiary/aromatic N) is 3. The molecule has 78 valence electrons. The van der Waals surface area contributed by atoms with Crippen molar-refractivity contribution in [2.24, 2.45) is 0 Å². The Morgan fingerprint density at radius 3 is 2.86 bits per heavy atom. The predicted molar refractivity (Wildman–Crippen MR) is 55.9 cm³/mol. The second-order valence-electron chi connectivity index (χ2n) is 3.22. The Kier molecular flexibility index (Phi) is 2.93. The zero-order valence-electron chi connectivity index (χ0n) is 8.24. The van der Waals surface area contributed by atoms with Crippen LogP contribution in [0.2, 0.25) is 5.15 Å². The van der Waals surface area contributed by atoms with Crippen molar-refractivity contribution in [3.63, 3.8) is 0 Å². The lowest BCUT2D eigenvalue weighted by atomic mass is 10.4. The van der Waals surface area contributed by atoms with E-state index in [0.717, 1.165) is 38.8 Å². The molecule has 1 fully saturated rings. The van der Waals surface area contributed by atoms with Crippen LogP contribution in [0, 0.1) is 0 Å². The van der Waals surface area contributed by atoms with Gasteiger partial charge in [0.15, 0.2) is 0 Å². The van der Waals surface area contributed by atoms with E-state index in [2.05, 4.69) is 16.8 Å². The van der Waals surface area contributed by atoms with Gasteiger partial charge in [-0.2, -0.15) is 0 Å². The number of aromatic nitrogens is 2. The van der Waals surface area contributed by atoms with Gasteiger partial charge in [-0.3, -0.25) is 0 Å². The van der Waals surface area contributed by atoms with E-state index in [1.807, 2.05) is 4.57 Å². The summed E-state index contributed by atoms with van der Waals surface area (Å²) in [6.07, 6.45) is 1.70. The molecule has 14 heavy (non-hydrogen) atoms. The van der Waals surface area contributed by atoms with Crippen molar-refractivity contribution in [2.45, 2.75) is 13.5 Å². The van der Waals surface area contributed by atoms with Crippen LogP contribution in [0.25, 0.3) is 0 Å². The molecule has 5 heteroatoms. The van der Waals surface area contributed by atoms with Crippen LogP contribution in [0.5, 0.6) is 0 Å². The maximum Gasteiger partial charge on any atom is 0.206 e. The average Bonchev–Trinajstić information content (AvgIpc) is 2.61. The number of halogens is 1. The first-order valence-electron chi connectivity index (χ1n) is 4.86. The quantitative estimate of drug-likeness (QED) is 0.747. The third kappa shape index (κ3) is 1.72. The zero-order chi connectivity index (χ0) is 9.97. The summed E-state index contributed by atoms with van der Waals surface area (Å²) in [6.45, 7) is 6.26. The fourth-order valence-electron chi connectivity index (χ4n) is 1.65. The van der Waals surface area contributed by atoms with Crippen LogP contribution in [0.4, 0.5) is 5.95 Å². The molecular weight excluding hydrogens is 202 g/mol. The van der Waals surface area contributed by atoms with Gasteiger partial charge < -0.3 is 14.2 Å². The first-order chi connectivity index (χ1) is 6.83. The number of anilines is 1. The van der Waals surface area contributed by atoms with Crippen molar-refractivity contribution in [1.82, 2.24) is 9.55 Å². The molecule has 0 aromatic carbocycles. The van der Waals surface area contributed by atoms with Crippen molar-refractivity contribution in [3.05, 3.63) is 11.3 Å². The normalized spacial score (nSPS) is 17.4. The van der Waals surface area contributed by atoms with Crippen LogP contribution < -0.4 is 4.90 Å². The van der Waals surface area contributed by atoms with Gasteiger partial charge in [-0.15, -0.1) is 0 Å². The molecule has 0 spiro atoms. The molecule has 0 amide bonds. The van der Waals surface area contributed by atoms with E-state index < -0.39 is 0 Å². The Bertz CT molecular complexity index is 307. The lowest BCUT2D eigenvalue weighted by Gasteiger charge is -2.28. The highest BCUT2D eigenvalue weighted by Crippen LogP contribution is 2.19. The highest BCUT2D eigenvalue weighted by molar-refractivity contribution is 6.29. The minimum atomic E-state index is 0.703. The molecule has 4 nitrogen and oxygen atoms in total. The number of morpholine rings is 1. The van der Waals surface area contributed by atoms with E-state index in [1.165, 1.54) is 0 Å². The predicted octanol–water partition coefficient (Wildman–Crippen LogP) is 1.39. The van der Waals surface area contributed by atoms with E-state index in [0.29, 0.717) is 5.15 Å². The van der Waals surface area contributed by atoms with E-state index in [-0.39, 0.29) is 0 Å². The highest BCUT2D eigenvalue weighted by Gasteiger charge is 2.17. The summed E-state index contributed by atoms with van der Waals surface area (Å²) in [5.41, 5.74) is 0. The van der Waals surface area contributed by atoms with Gasteiger partial charge in [0.05, 0.1) is 19.4 Å². The van der Waals surface area contributed by atoms with Gasteiger partial charge in [0.2, 0.25) is 5.95 Å². The summed E-state index contributed by atoms with van der Waals surface area (Å²) in [6, 6.07) is 0. The van der Waals surface area contributed by atoms with Gasteiger partial charge in [0.1, 0.15) is 5.15 Å². The average molecular weight is 216 g/mol. The Balaban J connectivity index is 2.21. The van der Waals surface area contributed by atoms with Crippen LogP contribution in [0.15, 0.2) is 6.20 Å². The summed E-state index contributed by atoms with van der Waals surface area (Å²) in [7, 11) is 0. The van der Waals surface area contributed by atoms with E-state index in [9.17, 15) is 0 Å². The number of ether oxygens (including phenoxy) is 1. The molecule has 1 saturated heterocycles. The number of rotatable bonds is 2. The van der Waals surface area contributed by atoms with Crippen LogP contribution in [0.3, 0.4) is 0 Å². The topological polar surface area (TPSA) is 30.3 Å². The van der Waals surface area contributed by atoms with Gasteiger partial charge >= 0.3 is 0 Å². The molecule has 0 atom stereocenters. The highest BCUT2D eigenvalue weighted by atomic mass is 35.5. The van der Waals surface area contributed by atoms with Gasteiger partial charge in [0, 0.05) is 19.6 Å². The number of hydrogen-bond acceptors (Lipinski definition) is 3. The van der Waals surface area contributed by atoms with Gasteiger partial charge in [0.25, 0.3) is 0 Å². The molecular formula is C9H14ClN3O. The van der Waals surface area contributed by atoms with Crippen LogP contribution in [0.1, 0.15) is 6.92 Å². The second kappa shape index (κ2) is 4.19. The van der Waals surface area contributed by atoms with Gasteiger partial charge in [-0.25, -0.2) is 4.98 Å². The number of hydrogen-bond donors (Lipinski definition) is 0. The summed E-state index contributed by atoms with van der Waals surface area (Å²) in [5.74, 6) is 0.959. The molecule has 1 aliphatic rings. The largest absolute Gasteiger partial charge is 0.378 e. The molecule has 0 aliphatic carbocycles. The molecule has 0 radical (unpaired) electrons. The Hall–Kier alpha value is -0.740. The Morgan fingerprint density at radius 2 is 2.21 bits per heavy atom. The lowest BCUT2D eigenvalue weighted by molar-refractivity contribution is 0.121. The first kappa shape index (κ1) is 9.80. The van der Waals surface area contributed by atoms with E-state index in [4.69, 9.17) is 16.3 Å². The Labute approximate surface area is 88.4 Å². The van der Waals surface area contributed by atoms with Crippen molar-refractivity contribution in [1.29, 1.82) is 0 Å². The lowest BCUT2D eigenvalue weighted by Crippen LogP contribution is -2.37. The van der Waals surface area contributed by atoms with Crippen LogP contribution >= 0.6 is 11.6 Å². The molecule has 0 unspecified atom stereocenters. The Morgan fingerprint density at radius 1 is 1.50 bits per heavy atom. The zero-order valence-corrected chi connectivity index (χ0v) is 9.00. The molecule has 2 heterocycles. The molecule has 1 aliphatic heterocycles. The van der Waals surface area contributed by atoms with E-state index in [1.54, 1.807) is 6.20 Å². The molecule has 0 N–H and O–H groups in total. The van der Waals surface area contributed by atoms with Crippen molar-refractivity contribution in [2.75, 3.05) is 31.2 Å². The summed E-state index contributed by atoms with van der Waals surface area (Å²) >= 11 is 6.01. The molecule has 2 rings (SSSR count). The minimum Gasteiger partial charge on any atom is -0.378 e. The van der Waals surface area contributed by atoms with Crippen molar-refractivity contribution >= 4 is 17.5 Å². The summed E-state index contributed by atoms with van der Waals surface area (Å²) in [4.78, 5) is 6.52. The van der Waals surface area contributed by atoms with E-state index >= 15 is 0 Å². The van der Waals surface area contributed by atoms with Crippen LogP contribution in [-0.4, -0.2) is 35.9 Å². The van der Waals surface area contributed by atoms with Crippen LogP contribution in [-0.2, 0) is 11.3 Å². The maximum atomic E-state index is 6.01. The fourth-order valence-corrected chi connectivity index (χ4v) is 1.90. The molecule has 1 aromatic heterocycles. The minimum absolute atomic E-state index is 0.703. The molecule has 1 aromatic rings. The standard InChI is InChI=1S/C9H14ClN3O/c1-2-13-8(10)7-11-9(13)12-3-5-14-6-4-12/h7H,2-6H2,1H3. The summed E-state index contributed by atoms with van der Waals surface area (Å²) in [5, 5.41) is 0.703. The SMILES string of the molecule is CCn1c(Cl)cnc1N1CCOCC1. The van der Waals surface area contributed by atoms with Gasteiger partial charge in [-0.1, -0.05) is 11.6 Å². The van der Waals surface area contributed by atoms with Crippen molar-refractivity contribution in [3.8, 4) is 0 Å². The smallest absolute Gasteiger partial charge is 0.206 e. The molecule has 0 bridgehead atoms. The number of imidazole rings is 1. The van der Waals surface area contributed by atoms with Gasteiger partial charge in [-0.05, 0) is 6.92 Å². The fraction of sp³-hybridized carbons (Fsp3) is 0.667. The first-order valence-corrected chi connectivity index (χ1v) is 5.24. The summed E-state index contributed by atoms with van der Waals surface area (Å²) < 4.78 is 7.30. The molecule has 0 saturated carbocycles. The monoisotopic (exact) mass is 215 g/mol. The second-order valence-corrected chi connectivity index (χ2v) is 3.61. The third-order valence-corrected chi connectivity index (χ3v) is 2.70. The third-order valence-electron chi connectivity index (χ3n) is 2.40.